The fourth-order valence-corrected chi connectivity index (χ4v) is 3.01. The van der Waals surface area contributed by atoms with Crippen LogP contribution in [0.1, 0.15) is 52.0 Å². The molecule has 0 spiro atoms. The first-order valence-corrected chi connectivity index (χ1v) is 9.54. The lowest BCUT2D eigenvalue weighted by molar-refractivity contribution is -0.116. The predicted molar refractivity (Wildman–Crippen MR) is 120 cm³/mol. The monoisotopic (exact) mass is 472 g/mol. The fourth-order valence-electron chi connectivity index (χ4n) is 3.01. The van der Waals surface area contributed by atoms with Gasteiger partial charge in [-0.15, -0.1) is 24.0 Å². The van der Waals surface area contributed by atoms with E-state index in [2.05, 4.69) is 35.4 Å². The van der Waals surface area contributed by atoms with Crippen LogP contribution in [-0.4, -0.2) is 36.4 Å². The number of halogens is 1. The average molecular weight is 472 g/mol. The molecule has 1 amide bonds. The molecular formula is C20H33IN4O. The van der Waals surface area contributed by atoms with Crippen LogP contribution < -0.4 is 10.6 Å². The highest BCUT2D eigenvalue weighted by atomic mass is 127. The molecule has 0 aliphatic carbocycles. The average Bonchev–Trinajstić information content (AvgIpc) is 2.60. The molecule has 146 valence electrons. The standard InChI is InChI=1S/C20H32N4O.HI/c1-4-7-19(25)23-18-9-6-8-17(14-18)15-22-20(21-5-2)24-12-10-16(3)11-13-24;/h6,8-9,14,16H,4-5,7,10-13,15H2,1-3H3,(H,21,22)(H,23,25);1H. The third-order valence-corrected chi connectivity index (χ3v) is 4.52. The molecule has 1 aliphatic rings. The number of anilines is 1. The van der Waals surface area contributed by atoms with Crippen LogP contribution in [0.4, 0.5) is 5.69 Å². The number of nitrogens with one attached hydrogen (secondary N) is 2. The molecule has 1 aromatic rings. The zero-order valence-corrected chi connectivity index (χ0v) is 18.6. The molecule has 2 N–H and O–H groups in total. The molecule has 2 rings (SSSR count). The number of guanidine groups is 1. The van der Waals surface area contributed by atoms with E-state index in [1.165, 1.54) is 12.8 Å². The van der Waals surface area contributed by atoms with Crippen LogP contribution >= 0.6 is 24.0 Å². The minimum atomic E-state index is 0. The van der Waals surface area contributed by atoms with Gasteiger partial charge in [-0.25, -0.2) is 4.99 Å². The predicted octanol–water partition coefficient (Wildman–Crippen LogP) is 4.24. The summed E-state index contributed by atoms with van der Waals surface area (Å²) < 4.78 is 0. The topological polar surface area (TPSA) is 56.7 Å². The van der Waals surface area contributed by atoms with Gasteiger partial charge in [0.1, 0.15) is 0 Å². The zero-order valence-electron chi connectivity index (χ0n) is 16.3. The number of likely N-dealkylation sites (tertiary alicyclic amines) is 1. The van der Waals surface area contributed by atoms with Crippen LogP contribution in [0.2, 0.25) is 0 Å². The van der Waals surface area contributed by atoms with Crippen molar-refractivity contribution in [1.29, 1.82) is 0 Å². The molecule has 1 heterocycles. The number of carbonyl (C=O) groups is 1. The van der Waals surface area contributed by atoms with Gasteiger partial charge >= 0.3 is 0 Å². The Morgan fingerprint density at radius 2 is 2.00 bits per heavy atom. The largest absolute Gasteiger partial charge is 0.357 e. The smallest absolute Gasteiger partial charge is 0.224 e. The second kappa shape index (κ2) is 12.1. The highest BCUT2D eigenvalue weighted by Gasteiger charge is 2.18. The molecule has 0 atom stereocenters. The molecule has 1 saturated heterocycles. The number of carbonyl (C=O) groups excluding carboxylic acids is 1. The van der Waals surface area contributed by atoms with Crippen LogP contribution in [0.3, 0.4) is 0 Å². The van der Waals surface area contributed by atoms with Crippen molar-refractivity contribution >= 4 is 41.5 Å². The third kappa shape index (κ3) is 7.51. The van der Waals surface area contributed by atoms with Crippen molar-refractivity contribution in [3.05, 3.63) is 29.8 Å². The minimum absolute atomic E-state index is 0. The van der Waals surface area contributed by atoms with Gasteiger partial charge in [0.25, 0.3) is 0 Å². The van der Waals surface area contributed by atoms with Crippen molar-refractivity contribution in [1.82, 2.24) is 10.2 Å². The maximum Gasteiger partial charge on any atom is 0.224 e. The van der Waals surface area contributed by atoms with Gasteiger partial charge in [-0.3, -0.25) is 4.79 Å². The Balaban J connectivity index is 0.00000338. The SMILES string of the molecule is CCCC(=O)Nc1cccc(CN=C(NCC)N2CCC(C)CC2)c1.I. The Morgan fingerprint density at radius 3 is 2.65 bits per heavy atom. The van der Waals surface area contributed by atoms with E-state index in [1.54, 1.807) is 0 Å². The normalized spacial score (nSPS) is 15.3. The summed E-state index contributed by atoms with van der Waals surface area (Å²) in [7, 11) is 0. The number of benzene rings is 1. The first kappa shape index (κ1) is 22.7. The lowest BCUT2D eigenvalue weighted by atomic mass is 10.00. The lowest BCUT2D eigenvalue weighted by Crippen LogP contribution is -2.45. The van der Waals surface area contributed by atoms with Gasteiger partial charge in [0.2, 0.25) is 5.91 Å². The molecule has 1 fully saturated rings. The van der Waals surface area contributed by atoms with E-state index in [9.17, 15) is 4.79 Å². The van der Waals surface area contributed by atoms with E-state index in [1.807, 2.05) is 25.1 Å². The number of amides is 1. The Bertz CT molecular complexity index is 583. The number of nitrogens with zero attached hydrogens (tertiary/aromatic N) is 2. The number of hydrogen-bond acceptors (Lipinski definition) is 2. The van der Waals surface area contributed by atoms with E-state index in [0.717, 1.165) is 49.2 Å². The Kier molecular flexibility index (Phi) is 10.6. The van der Waals surface area contributed by atoms with Crippen molar-refractivity contribution in [3.8, 4) is 0 Å². The highest BCUT2D eigenvalue weighted by Crippen LogP contribution is 2.17. The number of aliphatic imine (C=N–C) groups is 1. The summed E-state index contributed by atoms with van der Waals surface area (Å²) in [4.78, 5) is 18.9. The molecule has 6 heteroatoms. The van der Waals surface area contributed by atoms with Crippen molar-refractivity contribution < 1.29 is 4.79 Å². The second-order valence-electron chi connectivity index (χ2n) is 6.84. The maximum atomic E-state index is 11.8. The van der Waals surface area contributed by atoms with Gasteiger partial charge in [0.05, 0.1) is 6.54 Å². The Morgan fingerprint density at radius 1 is 1.27 bits per heavy atom. The Labute approximate surface area is 175 Å². The van der Waals surface area contributed by atoms with E-state index >= 15 is 0 Å². The molecular weight excluding hydrogens is 439 g/mol. The molecule has 0 bridgehead atoms. The minimum Gasteiger partial charge on any atom is -0.357 e. The molecule has 0 saturated carbocycles. The van der Waals surface area contributed by atoms with E-state index < -0.39 is 0 Å². The summed E-state index contributed by atoms with van der Waals surface area (Å²) in [5, 5.41) is 6.36. The van der Waals surface area contributed by atoms with Gasteiger partial charge in [0.15, 0.2) is 5.96 Å². The first-order chi connectivity index (χ1) is 12.1. The molecule has 0 aromatic heterocycles. The van der Waals surface area contributed by atoms with Gasteiger partial charge in [-0.1, -0.05) is 26.0 Å². The Hall–Kier alpha value is -1.31. The van der Waals surface area contributed by atoms with Crippen molar-refractivity contribution in [2.75, 3.05) is 25.0 Å². The zero-order chi connectivity index (χ0) is 18.1. The molecule has 1 aliphatic heterocycles. The summed E-state index contributed by atoms with van der Waals surface area (Å²) in [6, 6.07) is 7.97. The van der Waals surface area contributed by atoms with Crippen LogP contribution in [0, 0.1) is 5.92 Å². The van der Waals surface area contributed by atoms with E-state index in [-0.39, 0.29) is 29.9 Å². The van der Waals surface area contributed by atoms with Gasteiger partial charge < -0.3 is 15.5 Å². The molecule has 0 unspecified atom stereocenters. The van der Waals surface area contributed by atoms with Crippen molar-refractivity contribution in [3.63, 3.8) is 0 Å². The summed E-state index contributed by atoms with van der Waals surface area (Å²) >= 11 is 0. The lowest BCUT2D eigenvalue weighted by Gasteiger charge is -2.33. The van der Waals surface area contributed by atoms with Gasteiger partial charge in [0, 0.05) is 31.7 Å². The molecule has 26 heavy (non-hydrogen) atoms. The number of piperidine rings is 1. The van der Waals surface area contributed by atoms with E-state index in [4.69, 9.17) is 4.99 Å². The molecule has 1 aromatic carbocycles. The maximum absolute atomic E-state index is 11.8. The summed E-state index contributed by atoms with van der Waals surface area (Å²) in [5.74, 6) is 1.87. The summed E-state index contributed by atoms with van der Waals surface area (Å²) in [6.45, 7) is 10.1. The summed E-state index contributed by atoms with van der Waals surface area (Å²) in [5.41, 5.74) is 1.96. The van der Waals surface area contributed by atoms with Crippen LogP contribution in [0.25, 0.3) is 0 Å². The summed E-state index contributed by atoms with van der Waals surface area (Å²) in [6.07, 6.45) is 3.86. The molecule has 0 radical (unpaired) electrons. The van der Waals surface area contributed by atoms with Crippen molar-refractivity contribution in [2.45, 2.75) is 53.0 Å². The first-order valence-electron chi connectivity index (χ1n) is 9.54. The second-order valence-corrected chi connectivity index (χ2v) is 6.84. The number of rotatable bonds is 6. The highest BCUT2D eigenvalue weighted by molar-refractivity contribution is 14.0. The fraction of sp³-hybridized carbons (Fsp3) is 0.600. The quantitative estimate of drug-likeness (QED) is 0.370. The van der Waals surface area contributed by atoms with Crippen LogP contribution in [0.5, 0.6) is 0 Å². The van der Waals surface area contributed by atoms with Crippen LogP contribution in [0.15, 0.2) is 29.3 Å². The molecule has 5 nitrogen and oxygen atoms in total. The van der Waals surface area contributed by atoms with Crippen LogP contribution in [-0.2, 0) is 11.3 Å². The van der Waals surface area contributed by atoms with E-state index in [0.29, 0.717) is 13.0 Å². The third-order valence-electron chi connectivity index (χ3n) is 4.52. The van der Waals surface area contributed by atoms with Crippen molar-refractivity contribution in [2.24, 2.45) is 10.9 Å². The van der Waals surface area contributed by atoms with Gasteiger partial charge in [-0.2, -0.15) is 0 Å². The number of hydrogen-bond donors (Lipinski definition) is 2. The van der Waals surface area contributed by atoms with Gasteiger partial charge in [-0.05, 0) is 49.8 Å².